The molecule has 1 aromatic carbocycles. The van der Waals surface area contributed by atoms with Gasteiger partial charge in [0.15, 0.2) is 0 Å². The van der Waals surface area contributed by atoms with Crippen LogP contribution in [0.3, 0.4) is 0 Å². The Morgan fingerprint density at radius 3 is 2.27 bits per heavy atom. The van der Waals surface area contributed by atoms with Gasteiger partial charge in [-0.25, -0.2) is 4.98 Å². The summed E-state index contributed by atoms with van der Waals surface area (Å²) in [5.74, 6) is -1.27. The highest BCUT2D eigenvalue weighted by atomic mass is 32.2. The Morgan fingerprint density at radius 2 is 1.77 bits per heavy atom. The lowest BCUT2D eigenvalue weighted by molar-refractivity contribution is -0.384. The topological polar surface area (TPSA) is 111 Å². The molecule has 0 fully saturated rings. The summed E-state index contributed by atoms with van der Waals surface area (Å²) in [5, 5.41) is 14.5. The van der Waals surface area contributed by atoms with Crippen molar-refractivity contribution in [2.75, 3.05) is 5.32 Å². The van der Waals surface area contributed by atoms with Crippen molar-refractivity contribution >= 4 is 32.4 Å². The third-order valence-corrected chi connectivity index (χ3v) is 3.93. The molecule has 0 radical (unpaired) electrons. The van der Waals surface area contributed by atoms with E-state index in [2.05, 4.69) is 14.5 Å². The van der Waals surface area contributed by atoms with E-state index in [9.17, 15) is 31.7 Å². The maximum Gasteiger partial charge on any atom is 0.534 e. The van der Waals surface area contributed by atoms with Crippen LogP contribution in [-0.4, -0.2) is 29.4 Å². The van der Waals surface area contributed by atoms with Crippen molar-refractivity contribution in [2.24, 2.45) is 0 Å². The lowest BCUT2D eigenvalue weighted by atomic mass is 10.1. The Bertz CT molecular complexity index is 968. The summed E-state index contributed by atoms with van der Waals surface area (Å²) in [4.78, 5) is 14.0. The largest absolute Gasteiger partial charge is 0.534 e. The van der Waals surface area contributed by atoms with E-state index in [1.165, 1.54) is 18.2 Å². The number of para-hydroxylation sites is 1. The molecule has 1 heterocycles. The molecule has 0 aliphatic rings. The van der Waals surface area contributed by atoms with Crippen molar-refractivity contribution in [3.05, 3.63) is 34.4 Å². The molecule has 0 aliphatic heterocycles. The summed E-state index contributed by atoms with van der Waals surface area (Å²) in [5.41, 5.74) is -7.66. The predicted molar refractivity (Wildman–Crippen MR) is 87.4 cm³/mol. The normalized spacial score (nSPS) is 12.8. The van der Waals surface area contributed by atoms with Crippen molar-refractivity contribution < 1.29 is 30.7 Å². The number of hydrogen-bond acceptors (Lipinski definition) is 7. The Kier molecular flexibility index (Phi) is 4.75. The monoisotopic (exact) mass is 393 g/mol. The smallest absolute Gasteiger partial charge is 0.374 e. The number of halogens is 3. The Labute approximate surface area is 146 Å². The molecule has 12 heteroatoms. The maximum atomic E-state index is 12.6. The van der Waals surface area contributed by atoms with Crippen LogP contribution in [0.2, 0.25) is 0 Å². The maximum absolute atomic E-state index is 12.6. The van der Waals surface area contributed by atoms with Gasteiger partial charge in [-0.3, -0.25) is 10.1 Å². The molecular weight excluding hydrogens is 379 g/mol. The number of nitrogens with one attached hydrogen (secondary N) is 1. The first-order valence-corrected chi connectivity index (χ1v) is 8.50. The molecule has 1 N–H and O–H groups in total. The van der Waals surface area contributed by atoms with Gasteiger partial charge in [0.2, 0.25) is 0 Å². The molecule has 0 amide bonds. The fourth-order valence-corrected chi connectivity index (χ4v) is 2.48. The SMILES string of the molecule is CC(C)(C)Nc1c([N+](=O)[O-])c(OS(=O)(=O)C(F)(F)F)nc2ccccc12. The van der Waals surface area contributed by atoms with Crippen LogP contribution in [0, 0.1) is 10.1 Å². The van der Waals surface area contributed by atoms with Gasteiger partial charge >= 0.3 is 27.2 Å². The van der Waals surface area contributed by atoms with Gasteiger partial charge in [-0.15, -0.1) is 0 Å². The number of pyridine rings is 1. The van der Waals surface area contributed by atoms with E-state index < -0.39 is 37.7 Å². The first-order valence-electron chi connectivity index (χ1n) is 7.09. The van der Waals surface area contributed by atoms with E-state index in [4.69, 9.17) is 0 Å². The number of nitrogens with zero attached hydrogens (tertiary/aromatic N) is 2. The van der Waals surface area contributed by atoms with E-state index in [1.807, 2.05) is 0 Å². The van der Waals surface area contributed by atoms with Gasteiger partial charge in [0.25, 0.3) is 0 Å². The molecule has 8 nitrogen and oxygen atoms in total. The van der Waals surface area contributed by atoms with E-state index in [-0.39, 0.29) is 16.6 Å². The minimum Gasteiger partial charge on any atom is -0.374 e. The molecule has 2 aromatic rings. The predicted octanol–water partition coefficient (Wildman–Crippen LogP) is 3.58. The first-order chi connectivity index (χ1) is 11.7. The van der Waals surface area contributed by atoms with E-state index in [0.29, 0.717) is 0 Å². The van der Waals surface area contributed by atoms with Gasteiger partial charge in [0, 0.05) is 10.9 Å². The Morgan fingerprint density at radius 1 is 1.19 bits per heavy atom. The number of benzene rings is 1. The molecule has 1 aromatic heterocycles. The van der Waals surface area contributed by atoms with Crippen LogP contribution in [0.25, 0.3) is 10.9 Å². The standard InChI is InChI=1S/C14H14F3N3O5S/c1-13(2,3)19-10-8-6-4-5-7-9(8)18-12(11(10)20(21)22)25-26(23,24)14(15,16)17/h4-7H,1-3H3,(H,18,19). The minimum absolute atomic E-state index is 0.0252. The molecule has 2 rings (SSSR count). The van der Waals surface area contributed by atoms with Crippen molar-refractivity contribution in [3.8, 4) is 5.88 Å². The van der Waals surface area contributed by atoms with Crippen molar-refractivity contribution in [2.45, 2.75) is 31.8 Å². The third-order valence-electron chi connectivity index (χ3n) is 2.99. The van der Waals surface area contributed by atoms with Gasteiger partial charge in [0.05, 0.1) is 10.4 Å². The summed E-state index contributed by atoms with van der Waals surface area (Å²) >= 11 is 0. The zero-order chi connectivity index (χ0) is 19.9. The number of anilines is 1. The zero-order valence-corrected chi connectivity index (χ0v) is 14.6. The van der Waals surface area contributed by atoms with Crippen molar-refractivity contribution in [1.29, 1.82) is 0 Å². The van der Waals surface area contributed by atoms with Gasteiger partial charge in [0.1, 0.15) is 5.69 Å². The second-order valence-electron chi connectivity index (χ2n) is 6.27. The first kappa shape index (κ1) is 19.7. The molecule has 142 valence electrons. The molecule has 0 bridgehead atoms. The van der Waals surface area contributed by atoms with Crippen LogP contribution >= 0.6 is 0 Å². The van der Waals surface area contributed by atoms with Crippen LogP contribution in [-0.2, 0) is 10.1 Å². The molecular formula is C14H14F3N3O5S. The van der Waals surface area contributed by atoms with Gasteiger partial charge in [-0.05, 0) is 26.8 Å². The Hall–Kier alpha value is -2.63. The number of rotatable bonds is 4. The highest BCUT2D eigenvalue weighted by Crippen LogP contribution is 2.42. The second kappa shape index (κ2) is 6.27. The summed E-state index contributed by atoms with van der Waals surface area (Å²) in [6.07, 6.45) is 0. The quantitative estimate of drug-likeness (QED) is 0.366. The number of alkyl halides is 3. The van der Waals surface area contributed by atoms with Crippen molar-refractivity contribution in [3.63, 3.8) is 0 Å². The van der Waals surface area contributed by atoms with Gasteiger partial charge in [-0.2, -0.15) is 21.6 Å². The number of nitro groups is 1. The van der Waals surface area contributed by atoms with E-state index in [0.717, 1.165) is 0 Å². The van der Waals surface area contributed by atoms with Crippen LogP contribution in [0.5, 0.6) is 5.88 Å². The van der Waals surface area contributed by atoms with Crippen LogP contribution in [0.15, 0.2) is 24.3 Å². The Balaban J connectivity index is 2.82. The minimum atomic E-state index is -6.13. The third kappa shape index (κ3) is 3.95. The van der Waals surface area contributed by atoms with Crippen LogP contribution in [0.4, 0.5) is 24.5 Å². The van der Waals surface area contributed by atoms with E-state index in [1.54, 1.807) is 26.8 Å². The molecule has 0 saturated carbocycles. The summed E-state index contributed by atoms with van der Waals surface area (Å²) in [6.45, 7) is 5.00. The second-order valence-corrected chi connectivity index (χ2v) is 7.81. The van der Waals surface area contributed by atoms with E-state index >= 15 is 0 Å². The molecule has 26 heavy (non-hydrogen) atoms. The fourth-order valence-electron chi connectivity index (χ4n) is 2.06. The molecule has 0 atom stereocenters. The molecule has 0 unspecified atom stereocenters. The van der Waals surface area contributed by atoms with Crippen LogP contribution in [0.1, 0.15) is 20.8 Å². The number of fused-ring (bicyclic) bond motifs is 1. The summed E-state index contributed by atoms with van der Waals surface area (Å²) in [6, 6.07) is 5.87. The van der Waals surface area contributed by atoms with Gasteiger partial charge in [-0.1, -0.05) is 18.2 Å². The summed E-state index contributed by atoms with van der Waals surface area (Å²) in [7, 11) is -6.13. The molecule has 0 aliphatic carbocycles. The molecule has 0 spiro atoms. The molecule has 0 saturated heterocycles. The average molecular weight is 393 g/mol. The van der Waals surface area contributed by atoms with Gasteiger partial charge < -0.3 is 9.50 Å². The fraction of sp³-hybridized carbons (Fsp3) is 0.357. The van der Waals surface area contributed by atoms with Crippen LogP contribution < -0.4 is 9.50 Å². The summed E-state index contributed by atoms with van der Waals surface area (Å²) < 4.78 is 64.4. The van der Waals surface area contributed by atoms with Crippen molar-refractivity contribution in [1.82, 2.24) is 4.98 Å². The lowest BCUT2D eigenvalue weighted by Crippen LogP contribution is -2.29. The highest BCUT2D eigenvalue weighted by Gasteiger charge is 2.50. The highest BCUT2D eigenvalue weighted by molar-refractivity contribution is 7.88. The number of aromatic nitrogens is 1. The lowest BCUT2D eigenvalue weighted by Gasteiger charge is -2.23. The number of hydrogen-bond donors (Lipinski definition) is 1. The average Bonchev–Trinajstić information content (AvgIpc) is 2.43. The zero-order valence-electron chi connectivity index (χ0n) is 13.8.